The van der Waals surface area contributed by atoms with Gasteiger partial charge < -0.3 is 14.6 Å². The minimum atomic E-state index is 0.728. The van der Waals surface area contributed by atoms with E-state index in [1.807, 2.05) is 55.6 Å². The highest BCUT2D eigenvalue weighted by Gasteiger charge is 2.10. The summed E-state index contributed by atoms with van der Waals surface area (Å²) < 4.78 is 5.71. The predicted octanol–water partition coefficient (Wildman–Crippen LogP) is 4.67. The van der Waals surface area contributed by atoms with E-state index in [1.165, 1.54) is 0 Å². The number of H-pyrrole nitrogens is 2. The number of fused-ring (bicyclic) bond motifs is 2. The van der Waals surface area contributed by atoms with Crippen molar-refractivity contribution in [1.29, 1.82) is 0 Å². The first kappa shape index (κ1) is 13.1. The summed E-state index contributed by atoms with van der Waals surface area (Å²) in [5.41, 5.74) is 4.80. The third kappa shape index (κ3) is 2.02. The second-order valence-electron chi connectivity index (χ2n) is 5.88. The number of rotatable bonds is 2. The number of aromatic nitrogens is 4. The number of hydrogen-bond donors (Lipinski definition) is 2. The van der Waals surface area contributed by atoms with Crippen LogP contribution in [0.4, 0.5) is 0 Å². The predicted molar refractivity (Wildman–Crippen MR) is 93.6 cm³/mol. The molecule has 0 unspecified atom stereocenters. The summed E-state index contributed by atoms with van der Waals surface area (Å²) in [7, 11) is 0. The molecule has 3 aromatic heterocycles. The molecule has 0 aliphatic heterocycles. The fourth-order valence-corrected chi connectivity index (χ4v) is 2.97. The topological polar surface area (TPSA) is 70.5 Å². The Balaban J connectivity index is 1.64. The molecule has 0 saturated carbocycles. The van der Waals surface area contributed by atoms with E-state index in [1.54, 1.807) is 0 Å². The van der Waals surface area contributed by atoms with Crippen molar-refractivity contribution in [2.75, 3.05) is 0 Å². The van der Waals surface area contributed by atoms with E-state index >= 15 is 0 Å². The summed E-state index contributed by atoms with van der Waals surface area (Å²) in [5, 5.41) is 7.17. The molecule has 5 aromatic rings. The van der Waals surface area contributed by atoms with Crippen LogP contribution in [0.25, 0.3) is 44.6 Å². The highest BCUT2D eigenvalue weighted by molar-refractivity contribution is 5.94. The van der Waals surface area contributed by atoms with Gasteiger partial charge in [0.15, 0.2) is 5.82 Å². The molecule has 2 aromatic carbocycles. The molecule has 0 atom stereocenters. The highest BCUT2D eigenvalue weighted by atomic mass is 16.3. The molecule has 0 aliphatic carbocycles. The maximum absolute atomic E-state index is 5.71. The molecule has 0 spiro atoms. The number of nitrogens with zero attached hydrogens (tertiary/aromatic N) is 2. The molecule has 0 saturated heterocycles. The average molecular weight is 314 g/mol. The normalized spacial score (nSPS) is 11.5. The third-order valence-corrected chi connectivity index (χ3v) is 4.18. The molecule has 2 N–H and O–H groups in total. The summed E-state index contributed by atoms with van der Waals surface area (Å²) in [5.74, 6) is 2.48. The van der Waals surface area contributed by atoms with Gasteiger partial charge in [0.25, 0.3) is 0 Å². The van der Waals surface area contributed by atoms with Crippen molar-refractivity contribution in [3.05, 3.63) is 60.5 Å². The van der Waals surface area contributed by atoms with Gasteiger partial charge in [-0.15, -0.1) is 0 Å². The van der Waals surface area contributed by atoms with Crippen molar-refractivity contribution >= 4 is 21.9 Å². The number of furan rings is 1. The Morgan fingerprint density at radius 3 is 2.58 bits per heavy atom. The van der Waals surface area contributed by atoms with E-state index in [9.17, 15) is 0 Å². The SMILES string of the molecule is Cc1ccc(-c2cccc(-c3nc4cc5c[nH][nH]c5cc4n3)c2)o1. The van der Waals surface area contributed by atoms with Crippen molar-refractivity contribution in [3.8, 4) is 22.7 Å². The third-order valence-electron chi connectivity index (χ3n) is 4.18. The molecular weight excluding hydrogens is 300 g/mol. The highest BCUT2D eigenvalue weighted by Crippen LogP contribution is 2.28. The molecular formula is C19H14N4O. The standard InChI is InChI=1S/C19H14N4O/c1-11-5-6-18(24-11)12-3-2-4-13(7-12)19-21-16-8-14-10-20-23-15(14)9-17(16)22-19/h2-10,20,23H,1H3. The molecule has 0 aliphatic rings. The lowest BCUT2D eigenvalue weighted by molar-refractivity contribution is 0.548. The van der Waals surface area contributed by atoms with E-state index in [0.29, 0.717) is 0 Å². The summed E-state index contributed by atoms with van der Waals surface area (Å²) in [6.07, 6.45) is 1.92. The van der Waals surface area contributed by atoms with Crippen LogP contribution in [-0.2, 0) is 0 Å². The largest absolute Gasteiger partial charge is 0.461 e. The quantitative estimate of drug-likeness (QED) is 0.497. The van der Waals surface area contributed by atoms with E-state index in [4.69, 9.17) is 4.42 Å². The lowest BCUT2D eigenvalue weighted by Crippen LogP contribution is -1.81. The zero-order valence-electron chi connectivity index (χ0n) is 13.0. The zero-order valence-corrected chi connectivity index (χ0v) is 13.0. The first-order chi connectivity index (χ1) is 11.8. The van der Waals surface area contributed by atoms with Crippen molar-refractivity contribution in [3.63, 3.8) is 0 Å². The fourth-order valence-electron chi connectivity index (χ4n) is 2.97. The summed E-state index contributed by atoms with van der Waals surface area (Å²) >= 11 is 0. The Hall–Kier alpha value is -3.34. The van der Waals surface area contributed by atoms with Gasteiger partial charge in [-0.05, 0) is 37.3 Å². The Morgan fingerprint density at radius 2 is 1.75 bits per heavy atom. The first-order valence-electron chi connectivity index (χ1n) is 7.77. The van der Waals surface area contributed by atoms with Crippen LogP contribution in [0.1, 0.15) is 5.76 Å². The molecule has 5 heteroatoms. The van der Waals surface area contributed by atoms with Crippen LogP contribution >= 0.6 is 0 Å². The Morgan fingerprint density at radius 1 is 0.917 bits per heavy atom. The van der Waals surface area contributed by atoms with E-state index in [0.717, 1.165) is 50.4 Å². The molecule has 0 amide bonds. The van der Waals surface area contributed by atoms with Crippen molar-refractivity contribution in [2.24, 2.45) is 0 Å². The van der Waals surface area contributed by atoms with Crippen molar-refractivity contribution < 1.29 is 4.42 Å². The number of imidazole rings is 1. The van der Waals surface area contributed by atoms with Crippen LogP contribution in [0.2, 0.25) is 0 Å². The molecule has 0 radical (unpaired) electrons. The van der Waals surface area contributed by atoms with Gasteiger partial charge in [-0.25, -0.2) is 9.97 Å². The van der Waals surface area contributed by atoms with E-state index in [2.05, 4.69) is 26.2 Å². The van der Waals surface area contributed by atoms with Gasteiger partial charge in [0.1, 0.15) is 11.5 Å². The van der Waals surface area contributed by atoms with Crippen LogP contribution in [0.15, 0.2) is 59.1 Å². The number of benzene rings is 2. The Labute approximate surface area is 137 Å². The lowest BCUT2D eigenvalue weighted by atomic mass is 10.1. The van der Waals surface area contributed by atoms with Crippen LogP contribution in [-0.4, -0.2) is 20.2 Å². The maximum atomic E-state index is 5.71. The fraction of sp³-hybridized carbons (Fsp3) is 0.0526. The van der Waals surface area contributed by atoms with Gasteiger partial charge in [-0.1, -0.05) is 18.2 Å². The molecule has 24 heavy (non-hydrogen) atoms. The number of aryl methyl sites for hydroxylation is 1. The van der Waals surface area contributed by atoms with Gasteiger partial charge in [0, 0.05) is 22.7 Å². The minimum absolute atomic E-state index is 0.728. The van der Waals surface area contributed by atoms with Gasteiger partial charge in [-0.3, -0.25) is 0 Å². The molecule has 116 valence electrons. The van der Waals surface area contributed by atoms with Crippen molar-refractivity contribution in [2.45, 2.75) is 6.92 Å². The summed E-state index contributed by atoms with van der Waals surface area (Å²) in [6.45, 7) is 1.94. The Bertz CT molecular complexity index is 1130. The summed E-state index contributed by atoms with van der Waals surface area (Å²) in [4.78, 5) is 9.36. The molecule has 3 heterocycles. The number of nitrogens with one attached hydrogen (secondary N) is 2. The maximum Gasteiger partial charge on any atom is 0.160 e. The van der Waals surface area contributed by atoms with Gasteiger partial charge in [0.05, 0.1) is 16.6 Å². The second-order valence-corrected chi connectivity index (χ2v) is 5.88. The average Bonchev–Trinajstić information content (AvgIpc) is 3.31. The zero-order chi connectivity index (χ0) is 16.1. The van der Waals surface area contributed by atoms with Gasteiger partial charge in [0.2, 0.25) is 0 Å². The summed E-state index contributed by atoms with van der Waals surface area (Å²) in [6, 6.07) is 16.1. The molecule has 0 fully saturated rings. The number of hydrogen-bond acceptors (Lipinski definition) is 3. The second kappa shape index (κ2) is 4.83. The van der Waals surface area contributed by atoms with Crippen LogP contribution < -0.4 is 0 Å². The number of aromatic amines is 2. The van der Waals surface area contributed by atoms with Crippen LogP contribution in [0.5, 0.6) is 0 Å². The molecule has 5 nitrogen and oxygen atoms in total. The Kier molecular flexibility index (Phi) is 2.64. The smallest absolute Gasteiger partial charge is 0.160 e. The van der Waals surface area contributed by atoms with E-state index < -0.39 is 0 Å². The van der Waals surface area contributed by atoms with Crippen LogP contribution in [0.3, 0.4) is 0 Å². The molecule has 0 bridgehead atoms. The minimum Gasteiger partial charge on any atom is -0.461 e. The lowest BCUT2D eigenvalue weighted by Gasteiger charge is -2.00. The monoisotopic (exact) mass is 314 g/mol. The van der Waals surface area contributed by atoms with Crippen molar-refractivity contribution in [1.82, 2.24) is 20.2 Å². The van der Waals surface area contributed by atoms with Crippen LogP contribution in [0, 0.1) is 6.92 Å². The van der Waals surface area contributed by atoms with E-state index in [-0.39, 0.29) is 0 Å². The first-order valence-corrected chi connectivity index (χ1v) is 7.77. The molecule has 5 rings (SSSR count). The van der Waals surface area contributed by atoms with Gasteiger partial charge in [-0.2, -0.15) is 0 Å². The van der Waals surface area contributed by atoms with Gasteiger partial charge >= 0.3 is 0 Å².